The van der Waals surface area contributed by atoms with E-state index in [1.54, 1.807) is 6.07 Å². The van der Waals surface area contributed by atoms with Gasteiger partial charge in [0.2, 0.25) is 0 Å². The van der Waals surface area contributed by atoms with Crippen molar-refractivity contribution in [1.29, 1.82) is 0 Å². The Morgan fingerprint density at radius 2 is 1.81 bits per heavy atom. The molecule has 0 aliphatic carbocycles. The van der Waals surface area contributed by atoms with Crippen molar-refractivity contribution in [3.63, 3.8) is 0 Å². The first kappa shape index (κ1) is 23.0. The predicted octanol–water partition coefficient (Wildman–Crippen LogP) is 5.78. The number of pyridine rings is 1. The highest BCUT2D eigenvalue weighted by Gasteiger charge is 2.22. The molecule has 1 amide bonds. The van der Waals surface area contributed by atoms with Crippen molar-refractivity contribution in [2.75, 3.05) is 34.2 Å². The second kappa shape index (κ2) is 9.91. The van der Waals surface area contributed by atoms with Gasteiger partial charge in [0, 0.05) is 35.9 Å². The molecular weight excluding hydrogens is 467 g/mol. The van der Waals surface area contributed by atoms with Crippen LogP contribution in [0.25, 0.3) is 11.3 Å². The van der Waals surface area contributed by atoms with Crippen LogP contribution in [-0.4, -0.2) is 24.0 Å². The van der Waals surface area contributed by atoms with E-state index in [0.29, 0.717) is 28.7 Å². The van der Waals surface area contributed by atoms with Gasteiger partial charge in [0.25, 0.3) is 5.91 Å². The van der Waals surface area contributed by atoms with Gasteiger partial charge < -0.3 is 15.6 Å². The number of aromatic nitrogens is 1. The van der Waals surface area contributed by atoms with Crippen LogP contribution in [0.1, 0.15) is 34.7 Å². The number of hydrogen-bond acceptors (Lipinski definition) is 6. The highest BCUT2D eigenvalue weighted by Crippen LogP contribution is 2.31. The number of halogens is 1. The molecule has 2 aliphatic heterocycles. The molecule has 1 atom stereocenters. The third-order valence-corrected chi connectivity index (χ3v) is 6.96. The van der Waals surface area contributed by atoms with Gasteiger partial charge in [-0.1, -0.05) is 30.3 Å². The second-order valence-corrected chi connectivity index (χ2v) is 9.36. The fourth-order valence-corrected chi connectivity index (χ4v) is 5.00. The van der Waals surface area contributed by atoms with Crippen molar-refractivity contribution in [1.82, 2.24) is 10.5 Å². The molecule has 0 saturated carbocycles. The van der Waals surface area contributed by atoms with E-state index < -0.39 is 11.7 Å². The standard InChI is InChI=1S/C29H27FN6O/c30-25-13-8-20(26-14-15-27-28(32-26)34-35-33-27)17-24(25)29(37)31-22-9-11-23(12-10-22)36-16-4-7-21(18-36)19-5-2-1-3-6-19/h1-3,5-6,8-15,17,21,33,35H,4,7,16,18H2,(H,31,37)(H,32,34). The minimum absolute atomic E-state index is 0.0326. The van der Waals surface area contributed by atoms with Crippen molar-refractivity contribution in [3.05, 3.63) is 102 Å². The van der Waals surface area contributed by atoms with E-state index in [4.69, 9.17) is 0 Å². The number of anilines is 4. The van der Waals surface area contributed by atoms with Crippen LogP contribution >= 0.6 is 0 Å². The zero-order valence-corrected chi connectivity index (χ0v) is 20.2. The summed E-state index contributed by atoms with van der Waals surface area (Å²) in [6.45, 7) is 1.97. The number of amides is 1. The maximum atomic E-state index is 14.6. The van der Waals surface area contributed by atoms with Gasteiger partial charge in [0.15, 0.2) is 5.82 Å². The average molecular weight is 495 g/mol. The molecule has 1 fully saturated rings. The Morgan fingerprint density at radius 1 is 0.973 bits per heavy atom. The molecule has 0 spiro atoms. The molecule has 3 heterocycles. The molecule has 0 bridgehead atoms. The minimum atomic E-state index is -0.583. The van der Waals surface area contributed by atoms with Gasteiger partial charge in [0.05, 0.1) is 16.9 Å². The lowest BCUT2D eigenvalue weighted by Gasteiger charge is -2.34. The van der Waals surface area contributed by atoms with Crippen LogP contribution in [0.2, 0.25) is 0 Å². The minimum Gasteiger partial charge on any atom is -0.371 e. The number of fused-ring (bicyclic) bond motifs is 1. The maximum absolute atomic E-state index is 14.6. The molecular formula is C29H27FN6O. The monoisotopic (exact) mass is 494 g/mol. The van der Waals surface area contributed by atoms with Gasteiger partial charge in [-0.05, 0) is 73.0 Å². The summed E-state index contributed by atoms with van der Waals surface area (Å²) in [6.07, 6.45) is 2.32. The Balaban J connectivity index is 1.15. The Labute approximate surface area is 214 Å². The number of hydrogen-bond donors (Lipinski definition) is 4. The van der Waals surface area contributed by atoms with Crippen LogP contribution in [0.4, 0.5) is 27.3 Å². The lowest BCUT2D eigenvalue weighted by Crippen LogP contribution is -2.34. The number of benzene rings is 3. The van der Waals surface area contributed by atoms with E-state index in [1.165, 1.54) is 24.1 Å². The first-order valence-corrected chi connectivity index (χ1v) is 12.4. The van der Waals surface area contributed by atoms with Crippen LogP contribution in [0.15, 0.2) is 84.9 Å². The Kier molecular flexibility index (Phi) is 6.16. The van der Waals surface area contributed by atoms with Crippen LogP contribution in [0.3, 0.4) is 0 Å². The molecule has 7 nitrogen and oxygen atoms in total. The molecule has 1 aromatic heterocycles. The van der Waals surface area contributed by atoms with E-state index in [-0.39, 0.29) is 5.56 Å². The topological polar surface area (TPSA) is 81.3 Å². The molecule has 8 heteroatoms. The van der Waals surface area contributed by atoms with Crippen LogP contribution < -0.4 is 26.6 Å². The molecule has 1 saturated heterocycles. The number of hydrazine groups is 2. The van der Waals surface area contributed by atoms with Gasteiger partial charge in [-0.2, -0.15) is 0 Å². The Morgan fingerprint density at radius 3 is 2.65 bits per heavy atom. The smallest absolute Gasteiger partial charge is 0.258 e. The number of nitrogens with zero attached hydrogens (tertiary/aromatic N) is 2. The van der Waals surface area contributed by atoms with Crippen molar-refractivity contribution >= 4 is 28.8 Å². The molecule has 1 unspecified atom stereocenters. The van der Waals surface area contributed by atoms with Gasteiger partial charge in [-0.15, -0.1) is 5.53 Å². The van der Waals surface area contributed by atoms with Gasteiger partial charge in [-0.25, -0.2) is 9.37 Å². The highest BCUT2D eigenvalue weighted by atomic mass is 19.1. The van der Waals surface area contributed by atoms with E-state index in [0.717, 1.165) is 30.9 Å². The first-order chi connectivity index (χ1) is 18.1. The van der Waals surface area contributed by atoms with Crippen molar-refractivity contribution in [3.8, 4) is 11.3 Å². The molecule has 2 aliphatic rings. The third-order valence-electron chi connectivity index (χ3n) is 6.96. The fraction of sp³-hybridized carbons (Fsp3) is 0.172. The second-order valence-electron chi connectivity index (χ2n) is 9.36. The Bertz CT molecular complexity index is 1430. The largest absolute Gasteiger partial charge is 0.371 e. The van der Waals surface area contributed by atoms with Crippen LogP contribution in [-0.2, 0) is 0 Å². The molecule has 4 N–H and O–H groups in total. The van der Waals surface area contributed by atoms with E-state index >= 15 is 0 Å². The van der Waals surface area contributed by atoms with Gasteiger partial charge >= 0.3 is 0 Å². The zero-order valence-electron chi connectivity index (χ0n) is 20.2. The SMILES string of the molecule is O=C(Nc1ccc(N2CCCC(c3ccccc3)C2)cc1)c1cc(-c2ccc3c(n2)NNN3)ccc1F. The summed E-state index contributed by atoms with van der Waals surface area (Å²) in [6, 6.07) is 26.5. The summed E-state index contributed by atoms with van der Waals surface area (Å²) in [5, 5.41) is 2.83. The van der Waals surface area contributed by atoms with Crippen LogP contribution in [0, 0.1) is 5.82 Å². The average Bonchev–Trinajstić information content (AvgIpc) is 3.42. The highest BCUT2D eigenvalue weighted by molar-refractivity contribution is 6.05. The zero-order chi connectivity index (χ0) is 25.2. The summed E-state index contributed by atoms with van der Waals surface area (Å²) >= 11 is 0. The van der Waals surface area contributed by atoms with E-state index in [9.17, 15) is 9.18 Å². The van der Waals surface area contributed by atoms with Gasteiger partial charge in [0.1, 0.15) is 5.82 Å². The molecule has 37 heavy (non-hydrogen) atoms. The molecule has 6 rings (SSSR count). The number of piperidine rings is 1. The predicted molar refractivity (Wildman–Crippen MR) is 145 cm³/mol. The van der Waals surface area contributed by atoms with Crippen LogP contribution in [0.5, 0.6) is 0 Å². The number of nitrogens with one attached hydrogen (secondary N) is 4. The van der Waals surface area contributed by atoms with Crippen molar-refractivity contribution < 1.29 is 9.18 Å². The molecule has 186 valence electrons. The lowest BCUT2D eigenvalue weighted by molar-refractivity contribution is 0.102. The summed E-state index contributed by atoms with van der Waals surface area (Å²) < 4.78 is 14.6. The van der Waals surface area contributed by atoms with Gasteiger partial charge in [-0.3, -0.25) is 10.2 Å². The maximum Gasteiger partial charge on any atom is 0.258 e. The van der Waals surface area contributed by atoms with Crippen molar-refractivity contribution in [2.24, 2.45) is 0 Å². The number of rotatable bonds is 5. The third kappa shape index (κ3) is 4.83. The summed E-state index contributed by atoms with van der Waals surface area (Å²) in [4.78, 5) is 19.9. The quantitative estimate of drug-likeness (QED) is 0.282. The number of carbonyl (C=O) groups is 1. The van der Waals surface area contributed by atoms with Crippen molar-refractivity contribution in [2.45, 2.75) is 18.8 Å². The summed E-state index contributed by atoms with van der Waals surface area (Å²) in [5.74, 6) is 0.0577. The lowest BCUT2D eigenvalue weighted by atomic mass is 9.90. The summed E-state index contributed by atoms with van der Waals surface area (Å²) in [7, 11) is 0. The first-order valence-electron chi connectivity index (χ1n) is 12.4. The molecule has 0 radical (unpaired) electrons. The molecule has 3 aromatic carbocycles. The molecule has 4 aromatic rings. The summed E-state index contributed by atoms with van der Waals surface area (Å²) in [5.41, 5.74) is 13.8. The number of carbonyl (C=O) groups excluding carboxylic acids is 1. The normalized spacial score (nSPS) is 16.5. The fourth-order valence-electron chi connectivity index (χ4n) is 5.00. The Hall–Kier alpha value is -4.43. The van der Waals surface area contributed by atoms with E-state index in [2.05, 4.69) is 61.9 Å². The van der Waals surface area contributed by atoms with E-state index in [1.807, 2.05) is 36.4 Å².